The lowest BCUT2D eigenvalue weighted by Crippen LogP contribution is -2.26. The van der Waals surface area contributed by atoms with E-state index < -0.39 is 18.5 Å². The van der Waals surface area contributed by atoms with Gasteiger partial charge < -0.3 is 14.5 Å². The maximum absolute atomic E-state index is 13.4. The van der Waals surface area contributed by atoms with Crippen molar-refractivity contribution in [2.75, 3.05) is 6.61 Å². The van der Waals surface area contributed by atoms with E-state index in [1.54, 1.807) is 0 Å². The van der Waals surface area contributed by atoms with Crippen LogP contribution in [0.2, 0.25) is 0 Å². The maximum atomic E-state index is 13.4. The number of alkyl halides is 2. The van der Waals surface area contributed by atoms with Crippen molar-refractivity contribution in [1.29, 1.82) is 0 Å². The van der Waals surface area contributed by atoms with Crippen molar-refractivity contribution in [3.63, 3.8) is 0 Å². The number of ether oxygens (including phenoxy) is 2. The zero-order chi connectivity index (χ0) is 16.9. The number of aromatic amines is 1. The van der Waals surface area contributed by atoms with Crippen molar-refractivity contribution in [2.24, 2.45) is 0 Å². The van der Waals surface area contributed by atoms with Gasteiger partial charge in [-0.1, -0.05) is 36.9 Å². The predicted octanol–water partition coefficient (Wildman–Crippen LogP) is 3.96. The number of rotatable bonds is 7. The van der Waals surface area contributed by atoms with Crippen molar-refractivity contribution in [3.8, 4) is 5.88 Å². The molecule has 0 radical (unpaired) electrons. The predicted molar refractivity (Wildman–Crippen MR) is 81.6 cm³/mol. The van der Waals surface area contributed by atoms with Gasteiger partial charge in [0.25, 0.3) is 0 Å². The van der Waals surface area contributed by atoms with Crippen LogP contribution in [0.4, 0.5) is 8.78 Å². The number of esters is 1. The van der Waals surface area contributed by atoms with Crippen molar-refractivity contribution in [3.05, 3.63) is 65.9 Å². The SMILES string of the molecule is C=C(C)C(F)(F)COc1cc(C(=O)OCc2ccccc2)c[nH]1. The number of benzene rings is 1. The minimum atomic E-state index is -3.13. The summed E-state index contributed by atoms with van der Waals surface area (Å²) in [6.45, 7) is 3.73. The van der Waals surface area contributed by atoms with Gasteiger partial charge in [0.2, 0.25) is 0 Å². The van der Waals surface area contributed by atoms with Crippen LogP contribution in [0.3, 0.4) is 0 Å². The first kappa shape index (κ1) is 16.7. The van der Waals surface area contributed by atoms with Crippen LogP contribution in [0.15, 0.2) is 54.7 Å². The Hall–Kier alpha value is -2.63. The smallest absolute Gasteiger partial charge is 0.340 e. The third-order valence-electron chi connectivity index (χ3n) is 3.14. The number of carbonyl (C=O) groups is 1. The second kappa shape index (κ2) is 7.09. The molecule has 0 aliphatic heterocycles. The fourth-order valence-corrected chi connectivity index (χ4v) is 1.67. The first-order valence-corrected chi connectivity index (χ1v) is 6.94. The molecule has 6 heteroatoms. The number of H-pyrrole nitrogens is 1. The monoisotopic (exact) mass is 321 g/mol. The lowest BCUT2D eigenvalue weighted by molar-refractivity contribution is -0.00679. The third-order valence-corrected chi connectivity index (χ3v) is 3.14. The number of carbonyl (C=O) groups excluding carboxylic acids is 1. The highest BCUT2D eigenvalue weighted by atomic mass is 19.3. The minimum absolute atomic E-state index is 0.0672. The van der Waals surface area contributed by atoms with Gasteiger partial charge >= 0.3 is 11.9 Å². The fraction of sp³-hybridized carbons (Fsp3) is 0.235. The minimum Gasteiger partial charge on any atom is -0.472 e. The van der Waals surface area contributed by atoms with Crippen molar-refractivity contribution < 1.29 is 23.0 Å². The number of nitrogens with one attached hydrogen (secondary N) is 1. The van der Waals surface area contributed by atoms with E-state index >= 15 is 0 Å². The van der Waals surface area contributed by atoms with Gasteiger partial charge in [0.1, 0.15) is 6.61 Å². The number of hydrogen-bond donors (Lipinski definition) is 1. The van der Waals surface area contributed by atoms with E-state index in [1.807, 2.05) is 30.3 Å². The van der Waals surface area contributed by atoms with Gasteiger partial charge in [-0.25, -0.2) is 4.79 Å². The van der Waals surface area contributed by atoms with Crippen LogP contribution in [-0.2, 0) is 11.3 Å². The molecule has 0 bridgehead atoms. The highest BCUT2D eigenvalue weighted by Crippen LogP contribution is 2.23. The number of aromatic nitrogens is 1. The quantitative estimate of drug-likeness (QED) is 0.620. The first-order valence-electron chi connectivity index (χ1n) is 6.94. The van der Waals surface area contributed by atoms with E-state index in [0.29, 0.717) is 0 Å². The molecule has 1 N–H and O–H groups in total. The summed E-state index contributed by atoms with van der Waals surface area (Å²) in [6.07, 6.45) is 1.35. The summed E-state index contributed by atoms with van der Waals surface area (Å²) in [5.74, 6) is -3.62. The van der Waals surface area contributed by atoms with Crippen LogP contribution in [0.1, 0.15) is 22.8 Å². The Morgan fingerprint density at radius 3 is 2.65 bits per heavy atom. The lowest BCUT2D eigenvalue weighted by atomic mass is 10.2. The van der Waals surface area contributed by atoms with Gasteiger partial charge in [0.05, 0.1) is 5.56 Å². The van der Waals surface area contributed by atoms with E-state index in [-0.39, 0.29) is 23.6 Å². The van der Waals surface area contributed by atoms with E-state index in [9.17, 15) is 13.6 Å². The standard InChI is InChI=1S/C17H17F2NO3/c1-12(2)17(18,19)11-23-15-8-14(9-20-15)16(21)22-10-13-6-4-3-5-7-13/h3-9,20H,1,10-11H2,2H3. The summed E-state index contributed by atoms with van der Waals surface area (Å²) >= 11 is 0. The Morgan fingerprint density at radius 1 is 1.30 bits per heavy atom. The van der Waals surface area contributed by atoms with E-state index in [1.165, 1.54) is 19.2 Å². The van der Waals surface area contributed by atoms with Gasteiger partial charge in [-0.05, 0) is 18.1 Å². The molecule has 0 aliphatic carbocycles. The highest BCUT2D eigenvalue weighted by Gasteiger charge is 2.31. The number of halogens is 2. The van der Waals surface area contributed by atoms with Crippen LogP contribution in [0.5, 0.6) is 5.88 Å². The summed E-state index contributed by atoms with van der Waals surface area (Å²) in [4.78, 5) is 14.5. The summed E-state index contributed by atoms with van der Waals surface area (Å²) in [6, 6.07) is 10.5. The van der Waals surface area contributed by atoms with E-state index in [2.05, 4.69) is 11.6 Å². The molecular formula is C17H17F2NO3. The fourth-order valence-electron chi connectivity index (χ4n) is 1.67. The normalized spacial score (nSPS) is 11.1. The second-order valence-electron chi connectivity index (χ2n) is 5.09. The van der Waals surface area contributed by atoms with Crippen molar-refractivity contribution in [2.45, 2.75) is 19.5 Å². The first-order chi connectivity index (χ1) is 10.9. The molecule has 0 atom stereocenters. The molecule has 23 heavy (non-hydrogen) atoms. The van der Waals surface area contributed by atoms with Gasteiger partial charge in [0, 0.05) is 12.3 Å². The van der Waals surface area contributed by atoms with E-state index in [0.717, 1.165) is 5.56 Å². The molecule has 1 aromatic carbocycles. The average Bonchev–Trinajstić information content (AvgIpc) is 3.01. The van der Waals surface area contributed by atoms with Gasteiger partial charge in [-0.2, -0.15) is 8.78 Å². The van der Waals surface area contributed by atoms with Gasteiger partial charge in [-0.3, -0.25) is 0 Å². The van der Waals surface area contributed by atoms with Gasteiger partial charge in [0.15, 0.2) is 12.5 Å². The molecule has 0 fully saturated rings. The van der Waals surface area contributed by atoms with Crippen LogP contribution in [0.25, 0.3) is 0 Å². The largest absolute Gasteiger partial charge is 0.472 e. The molecule has 4 nitrogen and oxygen atoms in total. The van der Waals surface area contributed by atoms with Crippen LogP contribution < -0.4 is 4.74 Å². The van der Waals surface area contributed by atoms with Crippen molar-refractivity contribution in [1.82, 2.24) is 4.98 Å². The zero-order valence-electron chi connectivity index (χ0n) is 12.6. The molecule has 0 aliphatic rings. The Morgan fingerprint density at radius 2 is 2.00 bits per heavy atom. The van der Waals surface area contributed by atoms with Crippen LogP contribution in [0, 0.1) is 0 Å². The highest BCUT2D eigenvalue weighted by molar-refractivity contribution is 5.89. The average molecular weight is 321 g/mol. The Labute approximate surface area is 132 Å². The van der Waals surface area contributed by atoms with Gasteiger partial charge in [-0.15, -0.1) is 0 Å². The Bertz CT molecular complexity index is 680. The molecule has 0 saturated heterocycles. The molecule has 0 spiro atoms. The molecule has 1 aromatic heterocycles. The molecule has 1 heterocycles. The summed E-state index contributed by atoms with van der Waals surface area (Å²) in [5.41, 5.74) is 0.773. The molecule has 2 rings (SSSR count). The summed E-state index contributed by atoms with van der Waals surface area (Å²) < 4.78 is 36.8. The third kappa shape index (κ3) is 4.67. The van der Waals surface area contributed by atoms with Crippen LogP contribution in [-0.4, -0.2) is 23.5 Å². The van der Waals surface area contributed by atoms with Crippen molar-refractivity contribution >= 4 is 5.97 Å². The van der Waals surface area contributed by atoms with Crippen LogP contribution >= 0.6 is 0 Å². The molecule has 2 aromatic rings. The topological polar surface area (TPSA) is 51.3 Å². The lowest BCUT2D eigenvalue weighted by Gasteiger charge is -2.15. The Kier molecular flexibility index (Phi) is 5.16. The molecule has 122 valence electrons. The Balaban J connectivity index is 1.88. The molecule has 0 saturated carbocycles. The zero-order valence-corrected chi connectivity index (χ0v) is 12.6. The molecule has 0 unspecified atom stereocenters. The molecular weight excluding hydrogens is 304 g/mol. The summed E-state index contributed by atoms with van der Waals surface area (Å²) in [7, 11) is 0. The molecule has 0 amide bonds. The second-order valence-corrected chi connectivity index (χ2v) is 5.09. The maximum Gasteiger partial charge on any atom is 0.340 e. The van der Waals surface area contributed by atoms with E-state index in [4.69, 9.17) is 9.47 Å². The number of hydrogen-bond acceptors (Lipinski definition) is 3. The summed E-state index contributed by atoms with van der Waals surface area (Å²) in [5, 5.41) is 0.